The number of aromatic nitrogens is 2. The SMILES string of the molecule is CC(C)CCN(c1cc(F)ncn1)C1CCCC1. The van der Waals surface area contributed by atoms with Gasteiger partial charge in [-0.15, -0.1) is 0 Å². The zero-order chi connectivity index (χ0) is 13.0. The summed E-state index contributed by atoms with van der Waals surface area (Å²) in [4.78, 5) is 10.1. The van der Waals surface area contributed by atoms with Crippen molar-refractivity contribution in [2.45, 2.75) is 52.0 Å². The summed E-state index contributed by atoms with van der Waals surface area (Å²) in [6.45, 7) is 5.39. The van der Waals surface area contributed by atoms with Gasteiger partial charge in [0.1, 0.15) is 12.1 Å². The minimum absolute atomic E-state index is 0.437. The third-order valence-electron chi connectivity index (χ3n) is 3.63. The van der Waals surface area contributed by atoms with E-state index >= 15 is 0 Å². The van der Waals surface area contributed by atoms with Gasteiger partial charge in [-0.1, -0.05) is 26.7 Å². The molecule has 1 aromatic heterocycles. The zero-order valence-electron chi connectivity index (χ0n) is 11.3. The molecule has 1 aliphatic rings. The molecule has 0 unspecified atom stereocenters. The number of hydrogen-bond donors (Lipinski definition) is 0. The maximum atomic E-state index is 13.2. The van der Waals surface area contributed by atoms with Gasteiger partial charge >= 0.3 is 0 Å². The number of hydrogen-bond acceptors (Lipinski definition) is 3. The van der Waals surface area contributed by atoms with Crippen LogP contribution < -0.4 is 4.90 Å². The van der Waals surface area contributed by atoms with Gasteiger partial charge in [0.2, 0.25) is 5.95 Å². The first-order chi connectivity index (χ1) is 8.66. The van der Waals surface area contributed by atoms with Crippen LogP contribution in [0.25, 0.3) is 0 Å². The van der Waals surface area contributed by atoms with Crippen LogP contribution in [0.3, 0.4) is 0 Å². The molecule has 0 bridgehead atoms. The van der Waals surface area contributed by atoms with Gasteiger partial charge in [-0.2, -0.15) is 4.39 Å². The Morgan fingerprint density at radius 1 is 1.33 bits per heavy atom. The molecule has 1 fully saturated rings. The fraction of sp³-hybridized carbons (Fsp3) is 0.714. The molecule has 1 heterocycles. The zero-order valence-corrected chi connectivity index (χ0v) is 11.3. The molecule has 0 spiro atoms. The number of halogens is 1. The number of nitrogens with zero attached hydrogens (tertiary/aromatic N) is 3. The van der Waals surface area contributed by atoms with E-state index in [1.807, 2.05) is 0 Å². The highest BCUT2D eigenvalue weighted by Gasteiger charge is 2.24. The fourth-order valence-corrected chi connectivity index (χ4v) is 2.58. The number of rotatable bonds is 5. The second-order valence-corrected chi connectivity index (χ2v) is 5.51. The van der Waals surface area contributed by atoms with Crippen LogP contribution in [0.15, 0.2) is 12.4 Å². The van der Waals surface area contributed by atoms with Crippen molar-refractivity contribution < 1.29 is 4.39 Å². The van der Waals surface area contributed by atoms with E-state index in [0.717, 1.165) is 18.8 Å². The summed E-state index contributed by atoms with van der Waals surface area (Å²) in [5.41, 5.74) is 0. The summed E-state index contributed by atoms with van der Waals surface area (Å²) in [5.74, 6) is 0.961. The quantitative estimate of drug-likeness (QED) is 0.751. The van der Waals surface area contributed by atoms with E-state index in [-0.39, 0.29) is 0 Å². The second-order valence-electron chi connectivity index (χ2n) is 5.51. The van der Waals surface area contributed by atoms with E-state index in [9.17, 15) is 4.39 Å². The lowest BCUT2D eigenvalue weighted by atomic mass is 10.1. The van der Waals surface area contributed by atoms with Crippen molar-refractivity contribution in [1.29, 1.82) is 0 Å². The van der Waals surface area contributed by atoms with Crippen molar-refractivity contribution in [3.05, 3.63) is 18.3 Å². The maximum absolute atomic E-state index is 13.2. The average molecular weight is 251 g/mol. The standard InChI is InChI=1S/C14H22FN3/c1-11(2)7-8-18(12-5-3-4-6-12)14-9-13(15)16-10-17-14/h9-12H,3-8H2,1-2H3. The van der Waals surface area contributed by atoms with Gasteiger partial charge in [0.15, 0.2) is 0 Å². The van der Waals surface area contributed by atoms with Crippen molar-refractivity contribution in [3.63, 3.8) is 0 Å². The molecule has 3 nitrogen and oxygen atoms in total. The van der Waals surface area contributed by atoms with Gasteiger partial charge in [-0.25, -0.2) is 9.97 Å². The Bertz CT molecular complexity index is 375. The van der Waals surface area contributed by atoms with Crippen molar-refractivity contribution in [1.82, 2.24) is 9.97 Å². The van der Waals surface area contributed by atoms with Crippen LogP contribution in [0, 0.1) is 11.9 Å². The Morgan fingerprint density at radius 2 is 2.06 bits per heavy atom. The molecular formula is C14H22FN3. The van der Waals surface area contributed by atoms with Crippen LogP contribution in [0.4, 0.5) is 10.2 Å². The van der Waals surface area contributed by atoms with Gasteiger partial charge in [0, 0.05) is 18.7 Å². The molecular weight excluding hydrogens is 229 g/mol. The first-order valence-corrected chi connectivity index (χ1v) is 6.91. The molecule has 0 aromatic carbocycles. The van der Waals surface area contributed by atoms with Gasteiger partial charge < -0.3 is 4.90 Å². The molecule has 2 rings (SSSR count). The van der Waals surface area contributed by atoms with Gasteiger partial charge in [-0.05, 0) is 25.2 Å². The summed E-state index contributed by atoms with van der Waals surface area (Å²) in [5, 5.41) is 0. The Kier molecular flexibility index (Phi) is 4.50. The Morgan fingerprint density at radius 3 is 2.67 bits per heavy atom. The molecule has 0 amide bonds. The summed E-state index contributed by atoms with van der Waals surface area (Å²) in [6.07, 6.45) is 7.38. The lowest BCUT2D eigenvalue weighted by molar-refractivity contribution is 0.520. The minimum atomic E-state index is -0.437. The fourth-order valence-electron chi connectivity index (χ4n) is 2.58. The van der Waals surface area contributed by atoms with E-state index in [1.54, 1.807) is 0 Å². The monoisotopic (exact) mass is 251 g/mol. The van der Waals surface area contributed by atoms with E-state index < -0.39 is 5.95 Å². The molecule has 1 saturated carbocycles. The van der Waals surface area contributed by atoms with Gasteiger partial charge in [-0.3, -0.25) is 0 Å². The highest BCUT2D eigenvalue weighted by atomic mass is 19.1. The number of anilines is 1. The summed E-state index contributed by atoms with van der Waals surface area (Å²) < 4.78 is 13.2. The van der Waals surface area contributed by atoms with Crippen LogP contribution >= 0.6 is 0 Å². The largest absolute Gasteiger partial charge is 0.353 e. The topological polar surface area (TPSA) is 29.0 Å². The molecule has 1 aromatic rings. The van der Waals surface area contributed by atoms with Crippen molar-refractivity contribution in [2.75, 3.05) is 11.4 Å². The van der Waals surface area contributed by atoms with E-state index in [1.165, 1.54) is 38.1 Å². The van der Waals surface area contributed by atoms with Crippen molar-refractivity contribution in [2.24, 2.45) is 5.92 Å². The first kappa shape index (κ1) is 13.2. The molecule has 100 valence electrons. The Labute approximate surface area is 108 Å². The van der Waals surface area contributed by atoms with E-state index in [0.29, 0.717) is 12.0 Å². The third-order valence-corrected chi connectivity index (χ3v) is 3.63. The summed E-state index contributed by atoms with van der Waals surface area (Å²) in [7, 11) is 0. The van der Waals surface area contributed by atoms with Crippen LogP contribution in [0.2, 0.25) is 0 Å². The van der Waals surface area contributed by atoms with Gasteiger partial charge in [0.05, 0.1) is 0 Å². The molecule has 1 aliphatic carbocycles. The molecule has 18 heavy (non-hydrogen) atoms. The van der Waals surface area contributed by atoms with Crippen LogP contribution in [-0.2, 0) is 0 Å². The molecule has 0 saturated heterocycles. The Balaban J connectivity index is 2.12. The van der Waals surface area contributed by atoms with Crippen LogP contribution in [0.1, 0.15) is 46.0 Å². The van der Waals surface area contributed by atoms with Gasteiger partial charge in [0.25, 0.3) is 0 Å². The van der Waals surface area contributed by atoms with Crippen LogP contribution in [0.5, 0.6) is 0 Å². The molecule has 0 N–H and O–H groups in total. The molecule has 4 heteroatoms. The second kappa shape index (κ2) is 6.12. The highest BCUT2D eigenvalue weighted by molar-refractivity contribution is 5.38. The van der Waals surface area contributed by atoms with Crippen molar-refractivity contribution >= 4 is 5.82 Å². The predicted molar refractivity (Wildman–Crippen MR) is 71.0 cm³/mol. The van der Waals surface area contributed by atoms with E-state index in [4.69, 9.17) is 0 Å². The summed E-state index contributed by atoms with van der Waals surface area (Å²) >= 11 is 0. The Hall–Kier alpha value is -1.19. The molecule has 0 radical (unpaired) electrons. The average Bonchev–Trinajstić information content (AvgIpc) is 2.83. The normalized spacial score (nSPS) is 16.4. The summed E-state index contributed by atoms with van der Waals surface area (Å²) in [6, 6.07) is 1.98. The molecule has 0 aliphatic heterocycles. The molecule has 0 atom stereocenters. The maximum Gasteiger partial charge on any atom is 0.218 e. The highest BCUT2D eigenvalue weighted by Crippen LogP contribution is 2.27. The van der Waals surface area contributed by atoms with Crippen molar-refractivity contribution in [3.8, 4) is 0 Å². The third kappa shape index (κ3) is 3.40. The minimum Gasteiger partial charge on any atom is -0.353 e. The first-order valence-electron chi connectivity index (χ1n) is 6.91. The van der Waals surface area contributed by atoms with E-state index in [2.05, 4.69) is 28.7 Å². The smallest absolute Gasteiger partial charge is 0.218 e. The lowest BCUT2D eigenvalue weighted by Gasteiger charge is -2.30. The lowest BCUT2D eigenvalue weighted by Crippen LogP contribution is -2.35. The van der Waals surface area contributed by atoms with Crippen LogP contribution in [-0.4, -0.2) is 22.6 Å². The predicted octanol–water partition coefficient (Wildman–Crippen LogP) is 3.41.